The predicted octanol–water partition coefficient (Wildman–Crippen LogP) is 1.91. The van der Waals surface area contributed by atoms with E-state index in [0.29, 0.717) is 0 Å². The second-order valence-electron chi connectivity index (χ2n) is 4.03. The average molecular weight is 351 g/mol. The predicted molar refractivity (Wildman–Crippen MR) is 76.2 cm³/mol. The summed E-state index contributed by atoms with van der Waals surface area (Å²) in [5.41, 5.74) is 2.47. The summed E-state index contributed by atoms with van der Waals surface area (Å²) in [6.07, 6.45) is 3.36. The van der Waals surface area contributed by atoms with Gasteiger partial charge in [-0.3, -0.25) is 9.11 Å². The number of hydrogen-bond acceptors (Lipinski definition) is 4. The molecule has 1 aromatic heterocycles. The highest BCUT2D eigenvalue weighted by Crippen LogP contribution is 2.21. The third kappa shape index (κ3) is 7.38. The highest BCUT2D eigenvalue weighted by Gasteiger charge is 2.10. The minimum Gasteiger partial charge on any atom is -0.302 e. The third-order valence-corrected chi connectivity index (χ3v) is 2.90. The van der Waals surface area contributed by atoms with Gasteiger partial charge in [-0.25, -0.2) is 4.98 Å². The normalized spacial score (nSPS) is 16.3. The number of rotatable bonds is 1. The number of pyridine rings is 1. The molecule has 0 bridgehead atoms. The first-order valence-electron chi connectivity index (χ1n) is 5.46. The van der Waals surface area contributed by atoms with E-state index < -0.39 is 10.4 Å². The number of likely N-dealkylation sites (N-methyl/N-ethyl adjacent to an activating group) is 1. The van der Waals surface area contributed by atoms with Crippen LogP contribution in [-0.2, 0) is 10.4 Å². The van der Waals surface area contributed by atoms with Crippen molar-refractivity contribution < 1.29 is 17.5 Å². The van der Waals surface area contributed by atoms with E-state index >= 15 is 0 Å². The molecule has 0 saturated carbocycles. The Balaban J connectivity index is 0.000000312. The maximum absolute atomic E-state index is 8.74. The molecule has 1 aliphatic heterocycles. The molecule has 0 amide bonds. The highest BCUT2D eigenvalue weighted by molar-refractivity contribution is 9.10. The fourth-order valence-electron chi connectivity index (χ4n) is 1.59. The van der Waals surface area contributed by atoms with Crippen molar-refractivity contribution in [3.63, 3.8) is 0 Å². The summed E-state index contributed by atoms with van der Waals surface area (Å²) in [5, 5.41) is 0. The van der Waals surface area contributed by atoms with Crippen LogP contribution in [0.25, 0.3) is 5.57 Å². The minimum atomic E-state index is -4.67. The van der Waals surface area contributed by atoms with Crippen LogP contribution >= 0.6 is 15.9 Å². The van der Waals surface area contributed by atoms with E-state index in [0.717, 1.165) is 29.8 Å². The average Bonchev–Trinajstić information content (AvgIpc) is 2.27. The van der Waals surface area contributed by atoms with Gasteiger partial charge in [-0.05, 0) is 47.1 Å². The van der Waals surface area contributed by atoms with Crippen LogP contribution in [0.15, 0.2) is 28.9 Å². The zero-order chi connectivity index (χ0) is 14.5. The molecule has 1 aromatic rings. The van der Waals surface area contributed by atoms with E-state index in [-0.39, 0.29) is 0 Å². The van der Waals surface area contributed by atoms with Gasteiger partial charge in [0, 0.05) is 13.1 Å². The summed E-state index contributed by atoms with van der Waals surface area (Å²) in [6.45, 7) is 2.16. The van der Waals surface area contributed by atoms with Crippen LogP contribution in [0.3, 0.4) is 0 Å². The van der Waals surface area contributed by atoms with Crippen molar-refractivity contribution in [2.24, 2.45) is 0 Å². The molecule has 106 valence electrons. The van der Waals surface area contributed by atoms with Crippen LogP contribution in [0.1, 0.15) is 12.1 Å². The largest absolute Gasteiger partial charge is 0.394 e. The summed E-state index contributed by atoms with van der Waals surface area (Å²) in [5.74, 6) is 0. The quantitative estimate of drug-likeness (QED) is 0.593. The van der Waals surface area contributed by atoms with Gasteiger partial charge in [-0.2, -0.15) is 8.42 Å². The molecule has 2 rings (SSSR count). The summed E-state index contributed by atoms with van der Waals surface area (Å²) >= 11 is 3.39. The highest BCUT2D eigenvalue weighted by atomic mass is 79.9. The number of aromatic nitrogens is 1. The van der Waals surface area contributed by atoms with Crippen LogP contribution in [0.5, 0.6) is 0 Å². The van der Waals surface area contributed by atoms with Crippen LogP contribution < -0.4 is 0 Å². The second kappa shape index (κ2) is 7.11. The molecule has 0 spiro atoms. The molecule has 0 aliphatic carbocycles. The molecule has 0 fully saturated rings. The van der Waals surface area contributed by atoms with Crippen LogP contribution in [0.4, 0.5) is 0 Å². The second-order valence-corrected chi connectivity index (χ2v) is 5.74. The van der Waals surface area contributed by atoms with Crippen LogP contribution in [-0.4, -0.2) is 47.5 Å². The topological polar surface area (TPSA) is 90.7 Å². The van der Waals surface area contributed by atoms with E-state index in [9.17, 15) is 0 Å². The standard InChI is InChI=1S/C11H13BrN2.H2O4S/c1-14-7-5-9(6-8-14)10-3-2-4-11(12)13-10;1-5(2,3)4/h2-5H,6-8H2,1H3;(H2,1,2,3,4). The third-order valence-electron chi connectivity index (χ3n) is 2.46. The van der Waals surface area contributed by atoms with E-state index in [1.54, 1.807) is 0 Å². The summed E-state index contributed by atoms with van der Waals surface area (Å²) in [6, 6.07) is 6.06. The summed E-state index contributed by atoms with van der Waals surface area (Å²) in [4.78, 5) is 6.76. The zero-order valence-corrected chi connectivity index (χ0v) is 12.7. The van der Waals surface area contributed by atoms with Gasteiger partial charge in [0.15, 0.2) is 0 Å². The molecule has 2 N–H and O–H groups in total. The first-order valence-corrected chi connectivity index (χ1v) is 7.65. The molecular weight excluding hydrogens is 336 g/mol. The first-order chi connectivity index (χ1) is 8.75. The van der Waals surface area contributed by atoms with Gasteiger partial charge in [0.2, 0.25) is 0 Å². The number of nitrogens with zero attached hydrogens (tertiary/aromatic N) is 2. The molecular formula is C11H15BrN2O4S. The zero-order valence-electron chi connectivity index (χ0n) is 10.3. The van der Waals surface area contributed by atoms with Gasteiger partial charge in [-0.1, -0.05) is 12.1 Å². The SMILES string of the molecule is CN1CC=C(c2cccc(Br)n2)CC1.O=S(=O)(O)O. The lowest BCUT2D eigenvalue weighted by Gasteiger charge is -2.21. The van der Waals surface area contributed by atoms with Crippen LogP contribution in [0, 0.1) is 0 Å². The van der Waals surface area contributed by atoms with Crippen LogP contribution in [0.2, 0.25) is 0 Å². The van der Waals surface area contributed by atoms with Gasteiger partial charge in [-0.15, -0.1) is 0 Å². The monoisotopic (exact) mass is 350 g/mol. The van der Waals surface area contributed by atoms with E-state index in [4.69, 9.17) is 17.5 Å². The molecule has 0 saturated heterocycles. The lowest BCUT2D eigenvalue weighted by Crippen LogP contribution is -2.23. The lowest BCUT2D eigenvalue weighted by atomic mass is 10.0. The van der Waals surface area contributed by atoms with Crippen molar-refractivity contribution in [1.29, 1.82) is 0 Å². The van der Waals surface area contributed by atoms with Crippen molar-refractivity contribution in [3.05, 3.63) is 34.6 Å². The number of hydrogen-bond donors (Lipinski definition) is 2. The van der Waals surface area contributed by atoms with E-state index in [1.165, 1.54) is 5.57 Å². The maximum Gasteiger partial charge on any atom is 0.394 e. The Morgan fingerprint density at radius 3 is 2.47 bits per heavy atom. The van der Waals surface area contributed by atoms with Gasteiger partial charge >= 0.3 is 10.4 Å². The minimum absolute atomic E-state index is 0.912. The molecule has 0 aromatic carbocycles. The van der Waals surface area contributed by atoms with Crippen molar-refractivity contribution in [2.45, 2.75) is 6.42 Å². The van der Waals surface area contributed by atoms with Crippen molar-refractivity contribution in [2.75, 3.05) is 20.1 Å². The Labute approximate surface area is 120 Å². The van der Waals surface area contributed by atoms with Gasteiger partial charge in [0.1, 0.15) is 4.60 Å². The van der Waals surface area contributed by atoms with Crippen molar-refractivity contribution >= 4 is 31.9 Å². The molecule has 0 unspecified atom stereocenters. The summed E-state index contributed by atoms with van der Waals surface area (Å²) in [7, 11) is -2.53. The summed E-state index contributed by atoms with van der Waals surface area (Å²) < 4.78 is 32.5. The van der Waals surface area contributed by atoms with Gasteiger partial charge in [0.25, 0.3) is 0 Å². The molecule has 0 radical (unpaired) electrons. The molecule has 1 aliphatic rings. The Bertz CT molecular complexity index is 552. The fourth-order valence-corrected chi connectivity index (χ4v) is 1.93. The molecule has 8 heteroatoms. The molecule has 2 heterocycles. The Morgan fingerprint density at radius 2 is 2.00 bits per heavy atom. The van der Waals surface area contributed by atoms with E-state index in [2.05, 4.69) is 45.0 Å². The van der Waals surface area contributed by atoms with Crippen molar-refractivity contribution in [1.82, 2.24) is 9.88 Å². The van der Waals surface area contributed by atoms with Gasteiger partial charge < -0.3 is 4.90 Å². The molecule has 6 nitrogen and oxygen atoms in total. The lowest BCUT2D eigenvalue weighted by molar-refractivity contribution is 0.369. The number of halogens is 1. The Hall–Kier alpha value is -0.800. The molecule has 19 heavy (non-hydrogen) atoms. The Kier molecular flexibility index (Phi) is 6.08. The fraction of sp³-hybridized carbons (Fsp3) is 0.364. The van der Waals surface area contributed by atoms with Crippen molar-refractivity contribution in [3.8, 4) is 0 Å². The first kappa shape index (κ1) is 16.3. The smallest absolute Gasteiger partial charge is 0.302 e. The van der Waals surface area contributed by atoms with E-state index in [1.807, 2.05) is 12.1 Å². The maximum atomic E-state index is 8.74. The van der Waals surface area contributed by atoms with Gasteiger partial charge in [0.05, 0.1) is 5.69 Å². The molecule has 0 atom stereocenters. The Morgan fingerprint density at radius 1 is 1.37 bits per heavy atom.